The second kappa shape index (κ2) is 5.25. The van der Waals surface area contributed by atoms with Crippen molar-refractivity contribution in [2.75, 3.05) is 0 Å². The summed E-state index contributed by atoms with van der Waals surface area (Å²) in [4.78, 5) is 19.1. The van der Waals surface area contributed by atoms with E-state index in [1.165, 1.54) is 0 Å². The first kappa shape index (κ1) is 13.1. The largest absolute Gasteiger partial charge is 0.366 e. The van der Waals surface area contributed by atoms with Crippen molar-refractivity contribution in [1.82, 2.24) is 9.97 Å². The summed E-state index contributed by atoms with van der Waals surface area (Å²) >= 11 is 0. The van der Waals surface area contributed by atoms with Gasteiger partial charge in [0.15, 0.2) is 0 Å². The molecule has 0 spiro atoms. The molecule has 0 unspecified atom stereocenters. The minimum atomic E-state index is -0.457. The summed E-state index contributed by atoms with van der Waals surface area (Å²) in [6.07, 6.45) is 7.07. The number of nitrogens with zero attached hydrogens (tertiary/aromatic N) is 1. The van der Waals surface area contributed by atoms with Gasteiger partial charge < -0.3 is 10.7 Å². The highest BCUT2D eigenvalue weighted by Crippen LogP contribution is 2.26. The third-order valence-electron chi connectivity index (χ3n) is 3.35. The van der Waals surface area contributed by atoms with Crippen molar-refractivity contribution in [3.63, 3.8) is 0 Å². The number of H-pyrrole nitrogens is 1. The number of carbonyl (C=O) groups is 1. The van der Waals surface area contributed by atoms with Crippen molar-refractivity contribution in [3.05, 3.63) is 65.6 Å². The quantitative estimate of drug-likeness (QED) is 0.722. The summed E-state index contributed by atoms with van der Waals surface area (Å²) in [5, 5.41) is 0.975. The minimum absolute atomic E-state index is 0.457. The van der Waals surface area contributed by atoms with E-state index in [0.29, 0.717) is 5.57 Å². The minimum Gasteiger partial charge on any atom is -0.366 e. The van der Waals surface area contributed by atoms with Crippen molar-refractivity contribution in [2.45, 2.75) is 6.92 Å². The molecule has 104 valence electrons. The van der Waals surface area contributed by atoms with Crippen molar-refractivity contribution in [2.24, 2.45) is 5.73 Å². The molecule has 4 nitrogen and oxygen atoms in total. The van der Waals surface area contributed by atoms with E-state index in [2.05, 4.69) is 9.97 Å². The Morgan fingerprint density at radius 2 is 2.10 bits per heavy atom. The lowest BCUT2D eigenvalue weighted by Crippen LogP contribution is -2.12. The monoisotopic (exact) mass is 277 g/mol. The molecule has 4 heteroatoms. The van der Waals surface area contributed by atoms with E-state index < -0.39 is 5.91 Å². The fraction of sp³-hybridized carbons (Fsp3) is 0.0588. The maximum absolute atomic E-state index is 11.9. The zero-order valence-electron chi connectivity index (χ0n) is 11.6. The number of aromatic amines is 1. The Hall–Kier alpha value is -2.88. The van der Waals surface area contributed by atoms with Gasteiger partial charge in [0, 0.05) is 40.6 Å². The van der Waals surface area contributed by atoms with E-state index in [9.17, 15) is 4.79 Å². The number of fused-ring (bicyclic) bond motifs is 1. The summed E-state index contributed by atoms with van der Waals surface area (Å²) in [7, 11) is 0. The van der Waals surface area contributed by atoms with Gasteiger partial charge in [0.2, 0.25) is 5.91 Å². The predicted octanol–water partition coefficient (Wildman–Crippen LogP) is 2.90. The van der Waals surface area contributed by atoms with Gasteiger partial charge in [-0.1, -0.05) is 18.2 Å². The molecule has 2 aromatic heterocycles. The van der Waals surface area contributed by atoms with Crippen molar-refractivity contribution >= 4 is 28.5 Å². The number of aryl methyl sites for hydroxylation is 1. The van der Waals surface area contributed by atoms with Gasteiger partial charge in [-0.05, 0) is 36.3 Å². The number of benzene rings is 1. The van der Waals surface area contributed by atoms with Crippen LogP contribution in [-0.2, 0) is 4.79 Å². The molecule has 1 amide bonds. The van der Waals surface area contributed by atoms with Crippen LogP contribution < -0.4 is 5.73 Å². The Morgan fingerprint density at radius 3 is 2.86 bits per heavy atom. The molecule has 0 bridgehead atoms. The number of aromatic nitrogens is 2. The van der Waals surface area contributed by atoms with Crippen molar-refractivity contribution < 1.29 is 4.79 Å². The van der Waals surface area contributed by atoms with Gasteiger partial charge >= 0.3 is 0 Å². The Kier molecular flexibility index (Phi) is 3.28. The summed E-state index contributed by atoms with van der Waals surface area (Å²) in [5.74, 6) is -0.457. The summed E-state index contributed by atoms with van der Waals surface area (Å²) < 4.78 is 0. The van der Waals surface area contributed by atoms with Crippen LogP contribution in [0.4, 0.5) is 0 Å². The van der Waals surface area contributed by atoms with Gasteiger partial charge in [-0.25, -0.2) is 0 Å². The number of hydrogen-bond donors (Lipinski definition) is 2. The van der Waals surface area contributed by atoms with Gasteiger partial charge in [-0.15, -0.1) is 0 Å². The van der Waals surface area contributed by atoms with Gasteiger partial charge in [0.1, 0.15) is 0 Å². The van der Waals surface area contributed by atoms with Gasteiger partial charge in [0.25, 0.3) is 0 Å². The first-order valence-corrected chi connectivity index (χ1v) is 6.65. The Bertz CT molecular complexity index is 846. The van der Waals surface area contributed by atoms with E-state index in [1.54, 1.807) is 18.5 Å². The fourth-order valence-corrected chi connectivity index (χ4v) is 2.40. The topological polar surface area (TPSA) is 71.8 Å². The smallest absolute Gasteiger partial charge is 0.249 e. The number of nitrogens with two attached hydrogens (primary N) is 1. The second-order valence-corrected chi connectivity index (χ2v) is 4.97. The first-order valence-electron chi connectivity index (χ1n) is 6.65. The molecule has 21 heavy (non-hydrogen) atoms. The van der Waals surface area contributed by atoms with Gasteiger partial charge in [-0.2, -0.15) is 0 Å². The number of carbonyl (C=O) groups excluding carboxylic acids is 1. The van der Waals surface area contributed by atoms with Crippen LogP contribution in [-0.4, -0.2) is 15.9 Å². The lowest BCUT2D eigenvalue weighted by atomic mass is 10.0. The highest BCUT2D eigenvalue weighted by molar-refractivity contribution is 6.26. The predicted molar refractivity (Wildman–Crippen MR) is 84.3 cm³/mol. The lowest BCUT2D eigenvalue weighted by molar-refractivity contribution is -0.112. The van der Waals surface area contributed by atoms with Crippen LogP contribution in [0.5, 0.6) is 0 Å². The van der Waals surface area contributed by atoms with Crippen molar-refractivity contribution in [3.8, 4) is 0 Å². The molecule has 0 atom stereocenters. The van der Waals surface area contributed by atoms with E-state index in [-0.39, 0.29) is 0 Å². The Labute approximate surface area is 122 Å². The van der Waals surface area contributed by atoms with Crippen LogP contribution in [0.1, 0.15) is 16.7 Å². The molecule has 3 rings (SSSR count). The molecule has 1 aromatic carbocycles. The molecule has 0 fully saturated rings. The molecule has 3 N–H and O–H groups in total. The van der Waals surface area contributed by atoms with Crippen LogP contribution in [0, 0.1) is 6.92 Å². The number of amides is 1. The van der Waals surface area contributed by atoms with E-state index in [0.717, 1.165) is 27.6 Å². The first-order chi connectivity index (χ1) is 10.1. The Morgan fingerprint density at radius 1 is 1.29 bits per heavy atom. The second-order valence-electron chi connectivity index (χ2n) is 4.97. The SMILES string of the molecule is Cc1cncc(/C=C(/C(N)=O)c2c[nH]c3ccccc23)c1. The van der Waals surface area contributed by atoms with Crippen LogP contribution in [0.3, 0.4) is 0 Å². The standard InChI is InChI=1S/C17H15N3O/c1-11-6-12(9-19-8-11)7-14(17(18)21)15-10-20-16-5-3-2-4-13(15)16/h2-10,20H,1H3,(H2,18,21)/b14-7+. The fourth-order valence-electron chi connectivity index (χ4n) is 2.40. The summed E-state index contributed by atoms with van der Waals surface area (Å²) in [6.45, 7) is 1.96. The third-order valence-corrected chi connectivity index (χ3v) is 3.35. The molecule has 0 saturated heterocycles. The summed E-state index contributed by atoms with van der Waals surface area (Å²) in [5.41, 5.74) is 9.70. The molecule has 2 heterocycles. The average Bonchev–Trinajstić information content (AvgIpc) is 2.88. The van der Waals surface area contributed by atoms with E-state index in [1.807, 2.05) is 43.5 Å². The zero-order chi connectivity index (χ0) is 14.8. The molecular formula is C17H15N3O. The van der Waals surface area contributed by atoms with Crippen LogP contribution >= 0.6 is 0 Å². The highest BCUT2D eigenvalue weighted by atomic mass is 16.1. The maximum atomic E-state index is 11.9. The molecule has 0 saturated carbocycles. The maximum Gasteiger partial charge on any atom is 0.249 e. The number of primary amides is 1. The van der Waals surface area contributed by atoms with Gasteiger partial charge in [0.05, 0.1) is 0 Å². The molecule has 0 aliphatic carbocycles. The number of pyridine rings is 1. The normalized spacial score (nSPS) is 11.8. The number of hydrogen-bond acceptors (Lipinski definition) is 2. The summed E-state index contributed by atoms with van der Waals surface area (Å²) in [6, 6.07) is 9.77. The van der Waals surface area contributed by atoms with Crippen LogP contribution in [0.25, 0.3) is 22.6 Å². The third kappa shape index (κ3) is 2.56. The molecular weight excluding hydrogens is 262 g/mol. The molecule has 3 aromatic rings. The number of para-hydroxylation sites is 1. The zero-order valence-corrected chi connectivity index (χ0v) is 11.6. The highest BCUT2D eigenvalue weighted by Gasteiger charge is 2.13. The number of rotatable bonds is 3. The average molecular weight is 277 g/mol. The number of nitrogens with one attached hydrogen (secondary N) is 1. The molecule has 0 aliphatic rings. The Balaban J connectivity index is 2.17. The van der Waals surface area contributed by atoms with Crippen LogP contribution in [0.15, 0.2) is 48.9 Å². The van der Waals surface area contributed by atoms with Crippen LogP contribution in [0.2, 0.25) is 0 Å². The van der Waals surface area contributed by atoms with Gasteiger partial charge in [-0.3, -0.25) is 9.78 Å². The lowest BCUT2D eigenvalue weighted by Gasteiger charge is -2.03. The molecule has 0 aliphatic heterocycles. The van der Waals surface area contributed by atoms with E-state index >= 15 is 0 Å². The van der Waals surface area contributed by atoms with E-state index in [4.69, 9.17) is 5.73 Å². The van der Waals surface area contributed by atoms with Crippen molar-refractivity contribution in [1.29, 1.82) is 0 Å². The molecule has 0 radical (unpaired) electrons.